The molecule has 2 rings (SSSR count). The van der Waals surface area contributed by atoms with Crippen molar-refractivity contribution in [3.63, 3.8) is 0 Å². The molecular weight excluding hydrogens is 264 g/mol. The van der Waals surface area contributed by atoms with Crippen LogP contribution in [0.2, 0.25) is 0 Å². The third-order valence-corrected chi connectivity index (χ3v) is 3.04. The van der Waals surface area contributed by atoms with Crippen molar-refractivity contribution in [1.29, 1.82) is 10.5 Å². The molecule has 1 unspecified atom stereocenters. The van der Waals surface area contributed by atoms with Crippen molar-refractivity contribution >= 4 is 17.1 Å². The van der Waals surface area contributed by atoms with Gasteiger partial charge in [0.05, 0.1) is 11.4 Å². The quantitative estimate of drug-likeness (QED) is 0.655. The predicted octanol–water partition coefficient (Wildman–Crippen LogP) is 2.35. The molecule has 2 N–H and O–H groups in total. The number of hydrogen-bond donors (Lipinski definition) is 2. The second kappa shape index (κ2) is 6.36. The van der Waals surface area contributed by atoms with Crippen LogP contribution in [-0.2, 0) is 0 Å². The van der Waals surface area contributed by atoms with Crippen molar-refractivity contribution in [2.45, 2.75) is 13.3 Å². The SMILES string of the molecule is C=C1CC(C)C(c2ccc(NN=C(C#N)C#N)cc2)=NN1. The largest absolute Gasteiger partial charge is 0.283 e. The van der Waals surface area contributed by atoms with E-state index in [4.69, 9.17) is 10.5 Å². The van der Waals surface area contributed by atoms with Crippen LogP contribution in [0.1, 0.15) is 18.9 Å². The van der Waals surface area contributed by atoms with E-state index in [-0.39, 0.29) is 5.71 Å². The molecule has 104 valence electrons. The standard InChI is InChI=1S/C15H14N6/c1-10-7-11(2)18-21-15(10)12-3-5-13(6-4-12)19-20-14(8-16)9-17/h3-6,10,18-19H,2,7H2,1H3. The molecule has 0 bridgehead atoms. The summed E-state index contributed by atoms with van der Waals surface area (Å²) in [5.74, 6) is 0.305. The Morgan fingerprint density at radius 3 is 2.62 bits per heavy atom. The molecule has 6 heteroatoms. The number of nitrogens with zero attached hydrogens (tertiary/aromatic N) is 4. The molecule has 1 aliphatic heterocycles. The Hall–Kier alpha value is -3.12. The molecule has 0 radical (unpaired) electrons. The van der Waals surface area contributed by atoms with Crippen LogP contribution in [0.15, 0.2) is 46.7 Å². The fourth-order valence-corrected chi connectivity index (χ4v) is 2.02. The summed E-state index contributed by atoms with van der Waals surface area (Å²) in [5.41, 5.74) is 8.97. The van der Waals surface area contributed by atoms with Gasteiger partial charge in [0.1, 0.15) is 12.1 Å². The molecule has 0 amide bonds. The smallest absolute Gasteiger partial charge is 0.237 e. The van der Waals surface area contributed by atoms with Crippen LogP contribution >= 0.6 is 0 Å². The molecule has 0 saturated heterocycles. The number of anilines is 1. The number of nitrogens with one attached hydrogen (secondary N) is 2. The highest BCUT2D eigenvalue weighted by Crippen LogP contribution is 2.21. The van der Waals surface area contributed by atoms with Crippen molar-refractivity contribution in [2.75, 3.05) is 5.43 Å². The number of rotatable bonds is 3. The topological polar surface area (TPSA) is 96.4 Å². The van der Waals surface area contributed by atoms with E-state index < -0.39 is 0 Å². The van der Waals surface area contributed by atoms with E-state index in [0.717, 1.165) is 23.4 Å². The number of allylic oxidation sites excluding steroid dienone is 1. The first-order valence-electron chi connectivity index (χ1n) is 6.39. The van der Waals surface area contributed by atoms with Crippen molar-refractivity contribution in [1.82, 2.24) is 5.43 Å². The maximum atomic E-state index is 8.60. The molecule has 1 heterocycles. The summed E-state index contributed by atoms with van der Waals surface area (Å²) in [5, 5.41) is 25.2. The second-order valence-corrected chi connectivity index (χ2v) is 4.69. The van der Waals surface area contributed by atoms with Crippen molar-refractivity contribution in [2.24, 2.45) is 16.1 Å². The van der Waals surface area contributed by atoms with Crippen molar-refractivity contribution in [3.05, 3.63) is 42.1 Å². The van der Waals surface area contributed by atoms with Crippen LogP contribution in [0.25, 0.3) is 0 Å². The minimum absolute atomic E-state index is 0.216. The fraction of sp³-hybridized carbons (Fsp3) is 0.200. The zero-order chi connectivity index (χ0) is 15.2. The zero-order valence-electron chi connectivity index (χ0n) is 11.6. The van der Waals surface area contributed by atoms with Crippen LogP contribution in [0.5, 0.6) is 0 Å². The lowest BCUT2D eigenvalue weighted by atomic mass is 9.93. The summed E-state index contributed by atoms with van der Waals surface area (Å²) in [4.78, 5) is 0. The summed E-state index contributed by atoms with van der Waals surface area (Å²) in [6, 6.07) is 10.9. The molecule has 0 fully saturated rings. The minimum Gasteiger partial charge on any atom is -0.283 e. The van der Waals surface area contributed by atoms with E-state index in [9.17, 15) is 0 Å². The molecule has 1 aromatic carbocycles. The van der Waals surface area contributed by atoms with Gasteiger partial charge < -0.3 is 0 Å². The van der Waals surface area contributed by atoms with Gasteiger partial charge in [0.25, 0.3) is 0 Å². The highest BCUT2D eigenvalue weighted by atomic mass is 15.3. The van der Waals surface area contributed by atoms with E-state index in [1.807, 2.05) is 24.3 Å². The Balaban J connectivity index is 2.13. The van der Waals surface area contributed by atoms with Gasteiger partial charge in [-0.05, 0) is 24.1 Å². The maximum Gasteiger partial charge on any atom is 0.237 e. The number of benzene rings is 1. The van der Waals surface area contributed by atoms with Gasteiger partial charge >= 0.3 is 0 Å². The number of nitriles is 2. The van der Waals surface area contributed by atoms with Crippen LogP contribution in [0.3, 0.4) is 0 Å². The Bertz CT molecular complexity index is 668. The average molecular weight is 278 g/mol. The van der Waals surface area contributed by atoms with Crippen LogP contribution in [0, 0.1) is 28.6 Å². The molecule has 1 aliphatic rings. The van der Waals surface area contributed by atoms with E-state index >= 15 is 0 Å². The molecule has 6 nitrogen and oxygen atoms in total. The third kappa shape index (κ3) is 3.46. The first kappa shape index (κ1) is 14.3. The Morgan fingerprint density at radius 1 is 1.38 bits per heavy atom. The zero-order valence-corrected chi connectivity index (χ0v) is 11.6. The summed E-state index contributed by atoms with van der Waals surface area (Å²) in [6.07, 6.45) is 0.858. The molecule has 0 aliphatic carbocycles. The molecule has 1 aromatic rings. The number of hydrazone groups is 2. The predicted molar refractivity (Wildman–Crippen MR) is 81.3 cm³/mol. The average Bonchev–Trinajstić information content (AvgIpc) is 2.49. The Labute approximate surface area is 123 Å². The highest BCUT2D eigenvalue weighted by Gasteiger charge is 2.18. The lowest BCUT2D eigenvalue weighted by Crippen LogP contribution is -2.25. The Morgan fingerprint density at radius 2 is 2.05 bits per heavy atom. The van der Waals surface area contributed by atoms with E-state index in [0.29, 0.717) is 11.6 Å². The molecule has 0 saturated carbocycles. The molecule has 1 atom stereocenters. The van der Waals surface area contributed by atoms with E-state index in [2.05, 4.69) is 34.6 Å². The molecule has 0 aromatic heterocycles. The second-order valence-electron chi connectivity index (χ2n) is 4.69. The van der Waals surface area contributed by atoms with Gasteiger partial charge in [0.2, 0.25) is 5.71 Å². The summed E-state index contributed by atoms with van der Waals surface area (Å²) in [7, 11) is 0. The highest BCUT2D eigenvalue weighted by molar-refractivity contribution is 6.10. The molecule has 21 heavy (non-hydrogen) atoms. The third-order valence-electron chi connectivity index (χ3n) is 3.04. The van der Waals surface area contributed by atoms with Gasteiger partial charge in [0, 0.05) is 11.6 Å². The Kier molecular flexibility index (Phi) is 4.33. The van der Waals surface area contributed by atoms with Crippen molar-refractivity contribution in [3.8, 4) is 12.1 Å². The van der Waals surface area contributed by atoms with Gasteiger partial charge in [-0.25, -0.2) is 0 Å². The lowest BCUT2D eigenvalue weighted by molar-refractivity contribution is 0.653. The van der Waals surface area contributed by atoms with Gasteiger partial charge in [0.15, 0.2) is 0 Å². The summed E-state index contributed by atoms with van der Waals surface area (Å²) >= 11 is 0. The van der Waals surface area contributed by atoms with Crippen molar-refractivity contribution < 1.29 is 0 Å². The normalized spacial score (nSPS) is 16.8. The lowest BCUT2D eigenvalue weighted by Gasteiger charge is -2.22. The first-order valence-corrected chi connectivity index (χ1v) is 6.39. The van der Waals surface area contributed by atoms with Crippen LogP contribution in [-0.4, -0.2) is 11.4 Å². The minimum atomic E-state index is -0.216. The summed E-state index contributed by atoms with van der Waals surface area (Å²) in [6.45, 7) is 5.97. The van der Waals surface area contributed by atoms with Gasteiger partial charge in [-0.1, -0.05) is 25.6 Å². The van der Waals surface area contributed by atoms with Gasteiger partial charge in [-0.2, -0.15) is 20.7 Å². The molecule has 0 spiro atoms. The number of hydrogen-bond acceptors (Lipinski definition) is 6. The van der Waals surface area contributed by atoms with Crippen LogP contribution in [0.4, 0.5) is 5.69 Å². The van der Waals surface area contributed by atoms with E-state index in [1.165, 1.54) is 0 Å². The van der Waals surface area contributed by atoms with Gasteiger partial charge in [-0.3, -0.25) is 10.9 Å². The van der Waals surface area contributed by atoms with E-state index in [1.54, 1.807) is 12.1 Å². The van der Waals surface area contributed by atoms with Crippen LogP contribution < -0.4 is 10.9 Å². The first-order chi connectivity index (χ1) is 10.1. The maximum absolute atomic E-state index is 8.60. The summed E-state index contributed by atoms with van der Waals surface area (Å²) < 4.78 is 0. The molecular formula is C15H14N6. The monoisotopic (exact) mass is 278 g/mol. The fourth-order valence-electron chi connectivity index (χ4n) is 2.02. The van der Waals surface area contributed by atoms with Gasteiger partial charge in [-0.15, -0.1) is 0 Å².